The number of hydrogen-bond donors (Lipinski definition) is 0. The quantitative estimate of drug-likeness (QED) is 0.630. The van der Waals surface area contributed by atoms with Crippen LogP contribution in [0, 0.1) is 0 Å². The van der Waals surface area contributed by atoms with Crippen molar-refractivity contribution in [3.05, 3.63) is 73.1 Å². The molecule has 0 aliphatic heterocycles. The predicted octanol–water partition coefficient (Wildman–Crippen LogP) is 1.87. The predicted molar refractivity (Wildman–Crippen MR) is 76.2 cm³/mol. The van der Waals surface area contributed by atoms with Gasteiger partial charge in [-0.25, -0.2) is 0 Å². The van der Waals surface area contributed by atoms with Gasteiger partial charge in [-0.2, -0.15) is 4.57 Å². The largest absolute Gasteiger partial charge is 0.550 e. The van der Waals surface area contributed by atoms with Crippen LogP contribution in [0.5, 0.6) is 0 Å². The topological polar surface area (TPSA) is 44.0 Å². The maximum Gasteiger partial charge on any atom is 0.210 e. The lowest BCUT2D eigenvalue weighted by atomic mass is 10.2. The van der Waals surface area contributed by atoms with Crippen molar-refractivity contribution in [2.75, 3.05) is 0 Å². The van der Waals surface area contributed by atoms with Crippen LogP contribution in [-0.2, 0) is 4.79 Å². The van der Waals surface area contributed by atoms with Crippen LogP contribution in [-0.4, -0.2) is 5.97 Å². The van der Waals surface area contributed by atoms with Crippen LogP contribution >= 0.6 is 0 Å². The molecule has 3 aromatic rings. The van der Waals surface area contributed by atoms with Gasteiger partial charge in [0.15, 0.2) is 12.4 Å². The first-order valence-corrected chi connectivity index (χ1v) is 6.30. The van der Waals surface area contributed by atoms with Crippen LogP contribution in [0.2, 0.25) is 0 Å². The lowest BCUT2D eigenvalue weighted by Crippen LogP contribution is -2.28. The number of aliphatic carboxylic acids is 1. The Bertz CT molecular complexity index is 704. The monoisotopic (exact) mass is 265 g/mol. The molecule has 100 valence electrons. The number of nitrogens with zero attached hydrogens (tertiary/aromatic N) is 1. The number of fused-ring (bicyclic) bond motifs is 1. The molecule has 0 bridgehead atoms. The maximum absolute atomic E-state index is 8.89. The fraction of sp³-hybridized carbons (Fsp3) is 0.0588. The van der Waals surface area contributed by atoms with E-state index in [0.29, 0.717) is 0 Å². The summed E-state index contributed by atoms with van der Waals surface area (Å²) in [5, 5.41) is 11.4. The highest BCUT2D eigenvalue weighted by Gasteiger charge is 2.04. The summed E-state index contributed by atoms with van der Waals surface area (Å²) >= 11 is 0. The molecule has 0 unspecified atom stereocenters. The van der Waals surface area contributed by atoms with E-state index in [1.807, 2.05) is 6.07 Å². The number of benzene rings is 2. The van der Waals surface area contributed by atoms with Crippen LogP contribution in [0.25, 0.3) is 16.5 Å². The Morgan fingerprint density at radius 2 is 1.45 bits per heavy atom. The van der Waals surface area contributed by atoms with Crippen LogP contribution < -0.4 is 9.67 Å². The second kappa shape index (κ2) is 6.48. The smallest absolute Gasteiger partial charge is 0.210 e. The summed E-state index contributed by atoms with van der Waals surface area (Å²) in [5.41, 5.74) is 1.19. The molecular formula is C17H15NO2. The van der Waals surface area contributed by atoms with E-state index in [0.717, 1.165) is 6.92 Å². The summed E-state index contributed by atoms with van der Waals surface area (Å²) in [4.78, 5) is 8.89. The number of rotatable bonds is 1. The molecule has 0 atom stereocenters. The van der Waals surface area contributed by atoms with Gasteiger partial charge in [0.2, 0.25) is 5.69 Å². The Kier molecular flexibility index (Phi) is 4.45. The zero-order valence-corrected chi connectivity index (χ0v) is 11.2. The second-order valence-electron chi connectivity index (χ2n) is 4.31. The van der Waals surface area contributed by atoms with Gasteiger partial charge in [-0.05, 0) is 18.4 Å². The molecule has 1 aromatic heterocycles. The fourth-order valence-electron chi connectivity index (χ4n) is 1.89. The third-order valence-corrected chi connectivity index (χ3v) is 2.74. The summed E-state index contributed by atoms with van der Waals surface area (Å²) in [7, 11) is 0. The highest BCUT2D eigenvalue weighted by Crippen LogP contribution is 2.10. The molecule has 1 heterocycles. The van der Waals surface area contributed by atoms with Crippen molar-refractivity contribution >= 4 is 16.7 Å². The van der Waals surface area contributed by atoms with Crippen molar-refractivity contribution in [1.82, 2.24) is 0 Å². The first-order chi connectivity index (χ1) is 9.66. The first-order valence-electron chi connectivity index (χ1n) is 6.30. The molecule has 0 aliphatic carbocycles. The van der Waals surface area contributed by atoms with Gasteiger partial charge in [0.25, 0.3) is 0 Å². The van der Waals surface area contributed by atoms with Crippen LogP contribution in [0.15, 0.2) is 73.1 Å². The number of hydrogen-bond acceptors (Lipinski definition) is 2. The molecule has 0 radical (unpaired) electrons. The lowest BCUT2D eigenvalue weighted by Gasteiger charge is -1.97. The minimum Gasteiger partial charge on any atom is -0.550 e. The number of para-hydroxylation sites is 1. The summed E-state index contributed by atoms with van der Waals surface area (Å²) < 4.78 is 2.14. The maximum atomic E-state index is 8.89. The molecule has 2 aromatic carbocycles. The molecule has 0 spiro atoms. The van der Waals surface area contributed by atoms with Crippen LogP contribution in [0.1, 0.15) is 6.92 Å². The van der Waals surface area contributed by atoms with Crippen molar-refractivity contribution in [1.29, 1.82) is 0 Å². The molecule has 0 fully saturated rings. The third-order valence-electron chi connectivity index (χ3n) is 2.74. The van der Waals surface area contributed by atoms with Crippen LogP contribution in [0.3, 0.4) is 0 Å². The Morgan fingerprint density at radius 1 is 0.900 bits per heavy atom. The van der Waals surface area contributed by atoms with Gasteiger partial charge < -0.3 is 9.90 Å². The van der Waals surface area contributed by atoms with Crippen molar-refractivity contribution in [2.24, 2.45) is 0 Å². The Labute approximate surface area is 117 Å². The van der Waals surface area contributed by atoms with Gasteiger partial charge in [0.1, 0.15) is 0 Å². The van der Waals surface area contributed by atoms with Gasteiger partial charge >= 0.3 is 0 Å². The molecular weight excluding hydrogens is 250 g/mol. The number of aromatic nitrogens is 1. The number of carbonyl (C=O) groups is 1. The molecule has 20 heavy (non-hydrogen) atoms. The Hall–Kier alpha value is -2.68. The van der Waals surface area contributed by atoms with E-state index in [4.69, 9.17) is 9.90 Å². The SMILES string of the molecule is CC(=O)[O-].c1ccc(-[n+]2ccc3ccccc3c2)cc1. The molecule has 0 saturated carbocycles. The average molecular weight is 265 g/mol. The zero-order chi connectivity index (χ0) is 14.4. The normalized spacial score (nSPS) is 9.65. The summed E-state index contributed by atoms with van der Waals surface area (Å²) in [6, 6.07) is 20.9. The minimum absolute atomic E-state index is 0.972. The molecule has 0 saturated heterocycles. The molecule has 3 rings (SSSR count). The van der Waals surface area contributed by atoms with E-state index in [1.165, 1.54) is 16.5 Å². The summed E-state index contributed by atoms with van der Waals surface area (Å²) in [6.45, 7) is 0.972. The van der Waals surface area contributed by atoms with Gasteiger partial charge in [-0.1, -0.05) is 36.4 Å². The van der Waals surface area contributed by atoms with E-state index in [9.17, 15) is 0 Å². The first kappa shape index (κ1) is 13.7. The Morgan fingerprint density at radius 3 is 2.10 bits per heavy atom. The van der Waals surface area contributed by atoms with E-state index >= 15 is 0 Å². The average Bonchev–Trinajstić information content (AvgIpc) is 2.47. The molecule has 3 nitrogen and oxygen atoms in total. The highest BCUT2D eigenvalue weighted by molar-refractivity contribution is 5.80. The van der Waals surface area contributed by atoms with Gasteiger partial charge in [-0.3, -0.25) is 0 Å². The van der Waals surface area contributed by atoms with E-state index in [-0.39, 0.29) is 0 Å². The number of carboxylic acids is 1. The van der Waals surface area contributed by atoms with E-state index < -0.39 is 5.97 Å². The third kappa shape index (κ3) is 3.65. The summed E-state index contributed by atoms with van der Waals surface area (Å²) in [5.74, 6) is -1.08. The van der Waals surface area contributed by atoms with E-state index in [1.54, 1.807) is 0 Å². The standard InChI is InChI=1S/C15H12N.C2H4O2/c1-2-8-15(9-3-1)16-11-10-13-6-4-5-7-14(13)12-16;1-2(3)4/h1-12H;1H3,(H,3,4)/q+1;/p-1. The lowest BCUT2D eigenvalue weighted by molar-refractivity contribution is -0.594. The fourth-order valence-corrected chi connectivity index (χ4v) is 1.89. The number of carboxylic acid groups (broad SMARTS) is 1. The minimum atomic E-state index is -1.08. The molecule has 3 heteroatoms. The molecule has 0 amide bonds. The van der Waals surface area contributed by atoms with Crippen LogP contribution in [0.4, 0.5) is 0 Å². The van der Waals surface area contributed by atoms with Crippen molar-refractivity contribution in [3.8, 4) is 5.69 Å². The van der Waals surface area contributed by atoms with Gasteiger partial charge in [0, 0.05) is 29.6 Å². The second-order valence-corrected chi connectivity index (χ2v) is 4.31. The highest BCUT2D eigenvalue weighted by atomic mass is 16.4. The number of carbonyl (C=O) groups excluding carboxylic acids is 1. The van der Waals surface area contributed by atoms with Gasteiger partial charge in [0.05, 0.1) is 0 Å². The molecule has 0 N–H and O–H groups in total. The van der Waals surface area contributed by atoms with Crippen molar-refractivity contribution < 1.29 is 14.5 Å². The molecule has 0 aliphatic rings. The Balaban J connectivity index is 0.000000328. The summed E-state index contributed by atoms with van der Waals surface area (Å²) in [6.07, 6.45) is 4.25. The van der Waals surface area contributed by atoms with Gasteiger partial charge in [-0.15, -0.1) is 0 Å². The van der Waals surface area contributed by atoms with E-state index in [2.05, 4.69) is 71.6 Å². The number of pyridine rings is 1. The van der Waals surface area contributed by atoms with Crippen molar-refractivity contribution in [2.45, 2.75) is 6.92 Å². The van der Waals surface area contributed by atoms with Crippen molar-refractivity contribution in [3.63, 3.8) is 0 Å². The zero-order valence-electron chi connectivity index (χ0n) is 11.2.